The van der Waals surface area contributed by atoms with Crippen LogP contribution in [-0.2, 0) is 17.7 Å². The van der Waals surface area contributed by atoms with Gasteiger partial charge in [0.05, 0.1) is 23.5 Å². The molecule has 0 saturated carbocycles. The third kappa shape index (κ3) is 3.48. The van der Waals surface area contributed by atoms with Gasteiger partial charge < -0.3 is 10.1 Å². The summed E-state index contributed by atoms with van der Waals surface area (Å²) in [6.45, 7) is 1.31. The lowest BCUT2D eigenvalue weighted by molar-refractivity contribution is 0.0590. The fraction of sp³-hybridized carbons (Fsp3) is 0.227. The highest BCUT2D eigenvalue weighted by Gasteiger charge is 2.33. The molecule has 0 bridgehead atoms. The van der Waals surface area contributed by atoms with Crippen LogP contribution in [0.2, 0.25) is 10.0 Å². The van der Waals surface area contributed by atoms with E-state index in [0.29, 0.717) is 22.3 Å². The molecule has 3 aromatic rings. The number of aromatic nitrogens is 2. The van der Waals surface area contributed by atoms with Gasteiger partial charge in [0.2, 0.25) is 0 Å². The largest absolute Gasteiger partial charge is 0.464 e. The fourth-order valence-electron chi connectivity index (χ4n) is 4.20. The highest BCUT2D eigenvalue weighted by Crippen LogP contribution is 2.41. The second kappa shape index (κ2) is 8.00. The first-order valence-electron chi connectivity index (χ1n) is 9.82. The fourth-order valence-corrected chi connectivity index (χ4v) is 4.50. The minimum atomic E-state index is -0.440. The van der Waals surface area contributed by atoms with Gasteiger partial charge in [-0.15, -0.1) is 0 Å². The number of hydrogen-bond donors (Lipinski definition) is 2. The number of hydrogen-bond acceptors (Lipinski definition) is 6. The lowest BCUT2D eigenvalue weighted by Gasteiger charge is -2.35. The van der Waals surface area contributed by atoms with Crippen LogP contribution in [0.3, 0.4) is 0 Å². The summed E-state index contributed by atoms with van der Waals surface area (Å²) < 4.78 is 4.89. The number of carbonyl (C=O) groups excluding carboxylic acids is 1. The molecule has 2 N–H and O–H groups in total. The normalized spacial score (nSPS) is 17.6. The van der Waals surface area contributed by atoms with Crippen molar-refractivity contribution >= 4 is 41.2 Å². The van der Waals surface area contributed by atoms with E-state index in [9.17, 15) is 4.79 Å². The molecule has 0 amide bonds. The number of methoxy groups -OCH3 is 1. The van der Waals surface area contributed by atoms with Crippen molar-refractivity contribution in [3.63, 3.8) is 0 Å². The van der Waals surface area contributed by atoms with E-state index in [-0.39, 0.29) is 6.17 Å². The van der Waals surface area contributed by atoms with Crippen molar-refractivity contribution in [3.05, 3.63) is 69.0 Å². The standard InChI is InChI=1S/C22H19Cl2N5O2/c1-31-22(30)20-14-10-29(8-7-17(14)27-28-20)21-19-13(3-2-4-18(19)25-11-26-21)12-5-6-15(23)16(24)9-12/h2-6,9,11,21H,7-8,10H2,1H3,(H,25,26)(H,27,28). The molecule has 7 nitrogen and oxygen atoms in total. The Morgan fingerprint density at radius 3 is 2.90 bits per heavy atom. The second-order valence-electron chi connectivity index (χ2n) is 7.43. The van der Waals surface area contributed by atoms with Crippen LogP contribution in [0, 0.1) is 0 Å². The predicted octanol–water partition coefficient (Wildman–Crippen LogP) is 4.68. The Morgan fingerprint density at radius 1 is 1.23 bits per heavy atom. The molecule has 2 aromatic carbocycles. The molecule has 0 saturated heterocycles. The Balaban J connectivity index is 1.56. The molecule has 158 valence electrons. The summed E-state index contributed by atoms with van der Waals surface area (Å²) >= 11 is 12.4. The zero-order valence-corrected chi connectivity index (χ0v) is 18.2. The van der Waals surface area contributed by atoms with Crippen LogP contribution in [0.5, 0.6) is 0 Å². The van der Waals surface area contributed by atoms with Crippen molar-refractivity contribution in [2.45, 2.75) is 19.1 Å². The van der Waals surface area contributed by atoms with Crippen LogP contribution in [0.15, 0.2) is 41.4 Å². The Hall–Kier alpha value is -2.87. The summed E-state index contributed by atoms with van der Waals surface area (Å²) in [5.41, 5.74) is 6.18. The molecule has 2 aliphatic rings. The van der Waals surface area contributed by atoms with E-state index in [0.717, 1.165) is 46.6 Å². The number of ether oxygens (including phenoxy) is 1. The molecule has 0 aliphatic carbocycles. The van der Waals surface area contributed by atoms with Crippen LogP contribution in [0.4, 0.5) is 5.69 Å². The number of esters is 1. The number of aromatic amines is 1. The number of H-pyrrole nitrogens is 1. The number of benzene rings is 2. The smallest absolute Gasteiger partial charge is 0.358 e. The van der Waals surface area contributed by atoms with Crippen molar-refractivity contribution in [2.24, 2.45) is 4.99 Å². The van der Waals surface area contributed by atoms with Crippen LogP contribution in [0.25, 0.3) is 11.1 Å². The van der Waals surface area contributed by atoms with Gasteiger partial charge in [-0.2, -0.15) is 5.10 Å². The van der Waals surface area contributed by atoms with Crippen LogP contribution >= 0.6 is 23.2 Å². The zero-order chi connectivity index (χ0) is 21.5. The molecule has 0 spiro atoms. The molecule has 2 aliphatic heterocycles. The van der Waals surface area contributed by atoms with Gasteiger partial charge in [0, 0.05) is 42.0 Å². The number of nitrogens with zero attached hydrogens (tertiary/aromatic N) is 3. The maximum absolute atomic E-state index is 12.1. The quantitative estimate of drug-likeness (QED) is 0.560. The van der Waals surface area contributed by atoms with E-state index in [4.69, 9.17) is 32.9 Å². The summed E-state index contributed by atoms with van der Waals surface area (Å²) in [7, 11) is 1.36. The van der Waals surface area contributed by atoms with Crippen LogP contribution < -0.4 is 5.32 Å². The van der Waals surface area contributed by atoms with Gasteiger partial charge in [-0.3, -0.25) is 15.0 Å². The Bertz CT molecular complexity index is 1210. The summed E-state index contributed by atoms with van der Waals surface area (Å²) in [4.78, 5) is 19.1. The maximum Gasteiger partial charge on any atom is 0.358 e. The van der Waals surface area contributed by atoms with E-state index < -0.39 is 5.97 Å². The Labute approximate surface area is 189 Å². The molecule has 1 atom stereocenters. The SMILES string of the molecule is COC(=O)c1n[nH]c2c1CN(C1N=CNc3cccc(-c4ccc(Cl)c(Cl)c4)c31)CC2. The minimum absolute atomic E-state index is 0.226. The number of carbonyl (C=O) groups is 1. The number of fused-ring (bicyclic) bond motifs is 2. The summed E-state index contributed by atoms with van der Waals surface area (Å²) in [5.74, 6) is -0.440. The van der Waals surface area contributed by atoms with Gasteiger partial charge in [-0.25, -0.2) is 4.79 Å². The Morgan fingerprint density at radius 2 is 2.10 bits per heavy atom. The molecule has 0 radical (unpaired) electrons. The molecule has 3 heterocycles. The average molecular weight is 456 g/mol. The topological polar surface area (TPSA) is 82.6 Å². The zero-order valence-electron chi connectivity index (χ0n) is 16.7. The monoisotopic (exact) mass is 455 g/mol. The minimum Gasteiger partial charge on any atom is -0.464 e. The molecule has 31 heavy (non-hydrogen) atoms. The van der Waals surface area contributed by atoms with Gasteiger partial charge in [-0.1, -0.05) is 41.4 Å². The first-order chi connectivity index (χ1) is 15.1. The highest BCUT2D eigenvalue weighted by molar-refractivity contribution is 6.42. The number of nitrogens with one attached hydrogen (secondary N) is 2. The second-order valence-corrected chi connectivity index (χ2v) is 8.25. The van der Waals surface area contributed by atoms with Crippen LogP contribution in [-0.4, -0.2) is 41.1 Å². The summed E-state index contributed by atoms with van der Waals surface area (Å²) in [6.07, 6.45) is 2.23. The predicted molar refractivity (Wildman–Crippen MR) is 121 cm³/mol. The summed E-state index contributed by atoms with van der Waals surface area (Å²) in [6, 6.07) is 11.7. The van der Waals surface area contributed by atoms with E-state index in [2.05, 4.69) is 26.5 Å². The molecular weight excluding hydrogens is 437 g/mol. The van der Waals surface area contributed by atoms with Gasteiger partial charge in [0.25, 0.3) is 0 Å². The lowest BCUT2D eigenvalue weighted by Crippen LogP contribution is -2.35. The maximum atomic E-state index is 12.1. The van der Waals surface area contributed by atoms with Gasteiger partial charge in [-0.05, 0) is 29.3 Å². The third-order valence-electron chi connectivity index (χ3n) is 5.72. The van der Waals surface area contributed by atoms with Crippen LogP contribution in [0.1, 0.15) is 33.5 Å². The molecule has 5 rings (SSSR count). The van der Waals surface area contributed by atoms with Gasteiger partial charge >= 0.3 is 5.97 Å². The van der Waals surface area contributed by atoms with E-state index in [1.54, 1.807) is 12.4 Å². The molecule has 1 unspecified atom stereocenters. The van der Waals surface area contributed by atoms with Gasteiger partial charge in [0.15, 0.2) is 5.69 Å². The number of halogens is 2. The van der Waals surface area contributed by atoms with Gasteiger partial charge in [0.1, 0.15) is 6.17 Å². The van der Waals surface area contributed by atoms with Crippen molar-refractivity contribution < 1.29 is 9.53 Å². The summed E-state index contributed by atoms with van der Waals surface area (Å²) in [5, 5.41) is 11.4. The van der Waals surface area contributed by atoms with Crippen molar-refractivity contribution in [2.75, 3.05) is 19.0 Å². The number of aliphatic imine (C=N–C) groups is 1. The Kier molecular flexibility index (Phi) is 5.17. The molecule has 9 heteroatoms. The first kappa shape index (κ1) is 20.1. The molecular formula is C22H19Cl2N5O2. The average Bonchev–Trinajstić information content (AvgIpc) is 3.23. The molecule has 1 aromatic heterocycles. The highest BCUT2D eigenvalue weighted by atomic mass is 35.5. The van der Waals surface area contributed by atoms with Crippen molar-refractivity contribution in [1.29, 1.82) is 0 Å². The van der Waals surface area contributed by atoms with Crippen molar-refractivity contribution in [1.82, 2.24) is 15.1 Å². The lowest BCUT2D eigenvalue weighted by atomic mass is 9.94. The number of rotatable bonds is 3. The van der Waals surface area contributed by atoms with E-state index in [1.165, 1.54) is 7.11 Å². The first-order valence-corrected chi connectivity index (χ1v) is 10.6. The van der Waals surface area contributed by atoms with E-state index >= 15 is 0 Å². The molecule has 0 fully saturated rings. The van der Waals surface area contributed by atoms with E-state index in [1.807, 2.05) is 24.3 Å². The van der Waals surface area contributed by atoms with Crippen molar-refractivity contribution in [3.8, 4) is 11.1 Å². The third-order valence-corrected chi connectivity index (χ3v) is 6.46. The number of anilines is 1.